The first-order valence-electron chi connectivity index (χ1n) is 6.39. The normalized spacial score (nSPS) is 12.7. The fourth-order valence-electron chi connectivity index (χ4n) is 2.14. The highest BCUT2D eigenvalue weighted by atomic mass is 15.2. The van der Waals surface area contributed by atoms with Crippen molar-refractivity contribution in [2.24, 2.45) is 0 Å². The standard InChI is InChI=1S/C15H16N4/c1-11(15-17-10-18-19-15)16-9-12-6-7-13-4-2-3-5-14(13)8-12/h2-8,10-11,16H,9H2,1H3,(H,17,18,19). The number of rotatable bonds is 4. The number of H-pyrrole nitrogens is 1. The summed E-state index contributed by atoms with van der Waals surface area (Å²) in [4.78, 5) is 4.15. The van der Waals surface area contributed by atoms with Crippen molar-refractivity contribution in [2.75, 3.05) is 0 Å². The molecule has 0 bridgehead atoms. The van der Waals surface area contributed by atoms with E-state index in [4.69, 9.17) is 0 Å². The van der Waals surface area contributed by atoms with Gasteiger partial charge in [0.05, 0.1) is 6.04 Å². The highest BCUT2D eigenvalue weighted by molar-refractivity contribution is 5.82. The molecular weight excluding hydrogens is 236 g/mol. The maximum atomic E-state index is 4.15. The van der Waals surface area contributed by atoms with Gasteiger partial charge in [0.2, 0.25) is 0 Å². The van der Waals surface area contributed by atoms with Crippen molar-refractivity contribution in [1.29, 1.82) is 0 Å². The van der Waals surface area contributed by atoms with Crippen molar-refractivity contribution < 1.29 is 0 Å². The molecule has 96 valence electrons. The second kappa shape index (κ2) is 5.20. The molecule has 2 N–H and O–H groups in total. The first-order valence-corrected chi connectivity index (χ1v) is 6.39. The molecule has 1 heterocycles. The lowest BCUT2D eigenvalue weighted by Crippen LogP contribution is -2.19. The molecule has 0 aliphatic carbocycles. The molecule has 1 aromatic heterocycles. The summed E-state index contributed by atoms with van der Waals surface area (Å²) in [5, 5.41) is 12.7. The Morgan fingerprint density at radius 3 is 2.79 bits per heavy atom. The highest BCUT2D eigenvalue weighted by Gasteiger charge is 2.07. The van der Waals surface area contributed by atoms with Crippen LogP contribution < -0.4 is 5.32 Å². The van der Waals surface area contributed by atoms with Gasteiger partial charge in [-0.1, -0.05) is 36.4 Å². The van der Waals surface area contributed by atoms with Crippen LogP contribution in [0.3, 0.4) is 0 Å². The quantitative estimate of drug-likeness (QED) is 0.750. The third kappa shape index (κ3) is 2.63. The molecule has 1 atom stereocenters. The molecule has 0 amide bonds. The van der Waals surface area contributed by atoms with Crippen molar-refractivity contribution in [3.63, 3.8) is 0 Å². The van der Waals surface area contributed by atoms with Gasteiger partial charge in [0.15, 0.2) is 0 Å². The van der Waals surface area contributed by atoms with Crippen LogP contribution >= 0.6 is 0 Å². The van der Waals surface area contributed by atoms with E-state index in [1.54, 1.807) is 0 Å². The fraction of sp³-hybridized carbons (Fsp3) is 0.200. The average Bonchev–Trinajstić information content (AvgIpc) is 2.99. The van der Waals surface area contributed by atoms with Crippen LogP contribution in [0, 0.1) is 0 Å². The average molecular weight is 252 g/mol. The number of hydrogen-bond donors (Lipinski definition) is 2. The fourth-order valence-corrected chi connectivity index (χ4v) is 2.14. The molecule has 3 aromatic rings. The predicted molar refractivity (Wildman–Crippen MR) is 75.6 cm³/mol. The van der Waals surface area contributed by atoms with E-state index >= 15 is 0 Å². The Hall–Kier alpha value is -2.20. The number of aromatic nitrogens is 3. The van der Waals surface area contributed by atoms with Gasteiger partial charge in [-0.3, -0.25) is 5.10 Å². The van der Waals surface area contributed by atoms with Gasteiger partial charge in [0.25, 0.3) is 0 Å². The maximum absolute atomic E-state index is 4.15. The molecule has 0 spiro atoms. The number of benzene rings is 2. The van der Waals surface area contributed by atoms with E-state index in [-0.39, 0.29) is 6.04 Å². The predicted octanol–water partition coefficient (Wildman–Crippen LogP) is 2.81. The summed E-state index contributed by atoms with van der Waals surface area (Å²) in [5.74, 6) is 0.862. The highest BCUT2D eigenvalue weighted by Crippen LogP contribution is 2.16. The zero-order chi connectivity index (χ0) is 13.1. The van der Waals surface area contributed by atoms with Crippen LogP contribution in [-0.4, -0.2) is 15.2 Å². The largest absolute Gasteiger partial charge is 0.303 e. The van der Waals surface area contributed by atoms with E-state index in [0.29, 0.717) is 0 Å². The minimum absolute atomic E-state index is 0.161. The van der Waals surface area contributed by atoms with E-state index in [1.807, 2.05) is 0 Å². The molecule has 4 heteroatoms. The summed E-state index contributed by atoms with van der Waals surface area (Å²) in [6.07, 6.45) is 1.53. The van der Waals surface area contributed by atoms with Crippen molar-refractivity contribution >= 4 is 10.8 Å². The monoisotopic (exact) mass is 252 g/mol. The summed E-state index contributed by atoms with van der Waals surface area (Å²) in [5.41, 5.74) is 1.27. The molecule has 4 nitrogen and oxygen atoms in total. The van der Waals surface area contributed by atoms with Gasteiger partial charge in [-0.25, -0.2) is 4.98 Å². The first kappa shape index (κ1) is 11.9. The van der Waals surface area contributed by atoms with E-state index < -0.39 is 0 Å². The Morgan fingerprint density at radius 1 is 1.16 bits per heavy atom. The molecule has 2 aromatic carbocycles. The van der Waals surface area contributed by atoms with Crippen LogP contribution in [0.25, 0.3) is 10.8 Å². The summed E-state index contributed by atoms with van der Waals surface area (Å²) in [6.45, 7) is 2.88. The van der Waals surface area contributed by atoms with Crippen LogP contribution in [-0.2, 0) is 6.54 Å². The maximum Gasteiger partial charge on any atom is 0.141 e. The third-order valence-electron chi connectivity index (χ3n) is 3.27. The van der Waals surface area contributed by atoms with Gasteiger partial charge in [0.1, 0.15) is 12.2 Å². The smallest absolute Gasteiger partial charge is 0.141 e. The van der Waals surface area contributed by atoms with Crippen LogP contribution in [0.5, 0.6) is 0 Å². The summed E-state index contributed by atoms with van der Waals surface area (Å²) < 4.78 is 0. The lowest BCUT2D eigenvalue weighted by atomic mass is 10.1. The number of aromatic amines is 1. The zero-order valence-electron chi connectivity index (χ0n) is 10.8. The molecule has 1 unspecified atom stereocenters. The molecule has 0 saturated heterocycles. The second-order valence-corrected chi connectivity index (χ2v) is 4.65. The minimum Gasteiger partial charge on any atom is -0.303 e. The molecule has 0 saturated carbocycles. The molecule has 3 rings (SSSR count). The lowest BCUT2D eigenvalue weighted by Gasteiger charge is -2.11. The van der Waals surface area contributed by atoms with Crippen LogP contribution in [0.2, 0.25) is 0 Å². The Bertz CT molecular complexity index is 661. The number of hydrogen-bond acceptors (Lipinski definition) is 3. The second-order valence-electron chi connectivity index (χ2n) is 4.65. The zero-order valence-corrected chi connectivity index (χ0v) is 10.8. The van der Waals surface area contributed by atoms with Gasteiger partial charge in [-0.2, -0.15) is 5.10 Å². The number of fused-ring (bicyclic) bond motifs is 1. The van der Waals surface area contributed by atoms with E-state index in [0.717, 1.165) is 12.4 Å². The van der Waals surface area contributed by atoms with Gasteiger partial charge < -0.3 is 5.32 Å². The third-order valence-corrected chi connectivity index (χ3v) is 3.27. The van der Waals surface area contributed by atoms with Crippen molar-refractivity contribution in [3.8, 4) is 0 Å². The van der Waals surface area contributed by atoms with Gasteiger partial charge in [0, 0.05) is 6.54 Å². The van der Waals surface area contributed by atoms with Crippen molar-refractivity contribution in [2.45, 2.75) is 19.5 Å². The Labute approximate surface area is 111 Å². The van der Waals surface area contributed by atoms with Crippen LogP contribution in [0.1, 0.15) is 24.4 Å². The minimum atomic E-state index is 0.161. The van der Waals surface area contributed by atoms with E-state index in [1.165, 1.54) is 22.7 Å². The summed E-state index contributed by atoms with van der Waals surface area (Å²) in [7, 11) is 0. The van der Waals surface area contributed by atoms with Gasteiger partial charge in [-0.05, 0) is 29.3 Å². The van der Waals surface area contributed by atoms with Gasteiger partial charge in [-0.15, -0.1) is 0 Å². The summed E-state index contributed by atoms with van der Waals surface area (Å²) >= 11 is 0. The first-order chi connectivity index (χ1) is 9.33. The van der Waals surface area contributed by atoms with Crippen LogP contribution in [0.15, 0.2) is 48.8 Å². The van der Waals surface area contributed by atoms with Crippen molar-refractivity contribution in [3.05, 3.63) is 60.2 Å². The van der Waals surface area contributed by atoms with Gasteiger partial charge >= 0.3 is 0 Å². The van der Waals surface area contributed by atoms with Crippen LogP contribution in [0.4, 0.5) is 0 Å². The summed E-state index contributed by atoms with van der Waals surface area (Å²) in [6, 6.07) is 15.1. The Morgan fingerprint density at radius 2 is 2.00 bits per heavy atom. The molecular formula is C15H16N4. The number of nitrogens with zero attached hydrogens (tertiary/aromatic N) is 2. The topological polar surface area (TPSA) is 53.6 Å². The molecule has 19 heavy (non-hydrogen) atoms. The SMILES string of the molecule is CC(NCc1ccc2ccccc2c1)c1ncn[nH]1. The van der Waals surface area contributed by atoms with E-state index in [2.05, 4.69) is 69.9 Å². The molecule has 0 aliphatic rings. The Balaban J connectivity index is 1.71. The molecule has 0 fully saturated rings. The molecule has 0 aliphatic heterocycles. The Kier molecular flexibility index (Phi) is 3.25. The lowest BCUT2D eigenvalue weighted by molar-refractivity contribution is 0.548. The van der Waals surface area contributed by atoms with Crippen molar-refractivity contribution in [1.82, 2.24) is 20.5 Å². The number of nitrogens with one attached hydrogen (secondary N) is 2. The van der Waals surface area contributed by atoms with E-state index in [9.17, 15) is 0 Å². The molecule has 0 radical (unpaired) electrons.